The minimum Gasteiger partial charge on any atom is -0.376 e. The second-order valence-corrected chi connectivity index (χ2v) is 5.45. The third-order valence-electron chi connectivity index (χ3n) is 3.66. The molecule has 1 aromatic heterocycles. The largest absolute Gasteiger partial charge is 0.376 e. The van der Waals surface area contributed by atoms with E-state index in [0.717, 1.165) is 25.0 Å². The van der Waals surface area contributed by atoms with Crippen LogP contribution >= 0.6 is 12.2 Å². The lowest BCUT2D eigenvalue weighted by molar-refractivity contribution is 0.571. The number of hydrogen-bond acceptors (Lipinski definition) is 3. The first kappa shape index (κ1) is 13.0. The van der Waals surface area contributed by atoms with Crippen molar-refractivity contribution in [2.75, 3.05) is 5.32 Å². The first-order chi connectivity index (χ1) is 9.72. The molecule has 0 saturated carbocycles. The summed E-state index contributed by atoms with van der Waals surface area (Å²) >= 11 is 4.82. The molecule has 20 heavy (non-hydrogen) atoms. The minimum atomic E-state index is 0.195. The third kappa shape index (κ3) is 2.77. The molecule has 0 radical (unpaired) electrons. The van der Waals surface area contributed by atoms with E-state index in [2.05, 4.69) is 39.6 Å². The van der Waals surface area contributed by atoms with Gasteiger partial charge in [-0.3, -0.25) is 0 Å². The zero-order valence-electron chi connectivity index (χ0n) is 11.0. The van der Waals surface area contributed by atoms with Gasteiger partial charge in [-0.25, -0.2) is 9.97 Å². The Hall–Kier alpha value is -2.01. The van der Waals surface area contributed by atoms with Gasteiger partial charge in [0.2, 0.25) is 5.95 Å². The van der Waals surface area contributed by atoms with Crippen LogP contribution in [0.25, 0.3) is 0 Å². The van der Waals surface area contributed by atoms with Gasteiger partial charge in [0, 0.05) is 11.9 Å². The lowest BCUT2D eigenvalue weighted by atomic mass is 9.83. The van der Waals surface area contributed by atoms with Gasteiger partial charge in [0.25, 0.3) is 0 Å². The molecular weight excluding hydrogens is 268 g/mol. The van der Waals surface area contributed by atoms with Crippen molar-refractivity contribution in [2.45, 2.75) is 25.2 Å². The van der Waals surface area contributed by atoms with Crippen LogP contribution in [0.15, 0.2) is 36.5 Å². The molecule has 0 fully saturated rings. The van der Waals surface area contributed by atoms with Crippen molar-refractivity contribution in [2.24, 2.45) is 5.73 Å². The maximum atomic E-state index is 5.46. The molecule has 5 heteroatoms. The normalized spacial score (nSPS) is 17.3. The number of thiocarbonyl (C=S) groups is 1. The van der Waals surface area contributed by atoms with E-state index in [9.17, 15) is 0 Å². The fraction of sp³-hybridized carbons (Fsp3) is 0.267. The van der Waals surface area contributed by atoms with Gasteiger partial charge in [-0.1, -0.05) is 30.3 Å². The molecule has 1 unspecified atom stereocenters. The summed E-state index contributed by atoms with van der Waals surface area (Å²) in [7, 11) is 0. The number of aryl methyl sites for hydroxylation is 1. The Morgan fingerprint density at radius 1 is 1.30 bits per heavy atom. The average Bonchev–Trinajstić information content (AvgIpc) is 2.47. The van der Waals surface area contributed by atoms with Crippen molar-refractivity contribution < 1.29 is 0 Å². The topological polar surface area (TPSA) is 63.8 Å². The number of hydrogen-bond donors (Lipinski definition) is 2. The van der Waals surface area contributed by atoms with Gasteiger partial charge >= 0.3 is 0 Å². The second-order valence-electron chi connectivity index (χ2n) is 5.01. The molecule has 0 amide bonds. The summed E-state index contributed by atoms with van der Waals surface area (Å²) in [6.45, 7) is 0. The summed E-state index contributed by atoms with van der Waals surface area (Å²) in [4.78, 5) is 8.78. The van der Waals surface area contributed by atoms with Gasteiger partial charge in [-0.05, 0) is 48.5 Å². The average molecular weight is 284 g/mol. The number of fused-ring (bicyclic) bond motifs is 1. The molecule has 4 nitrogen and oxygen atoms in total. The highest BCUT2D eigenvalue weighted by atomic mass is 32.1. The summed E-state index contributed by atoms with van der Waals surface area (Å²) < 4.78 is 0. The maximum Gasteiger partial charge on any atom is 0.229 e. The van der Waals surface area contributed by atoms with Gasteiger partial charge < -0.3 is 11.1 Å². The summed E-state index contributed by atoms with van der Waals surface area (Å²) in [6, 6.07) is 10.6. The predicted octanol–water partition coefficient (Wildman–Crippen LogP) is 2.40. The lowest BCUT2D eigenvalue weighted by Crippen LogP contribution is -2.22. The monoisotopic (exact) mass is 284 g/mol. The van der Waals surface area contributed by atoms with Gasteiger partial charge in [0.05, 0.1) is 0 Å². The predicted molar refractivity (Wildman–Crippen MR) is 83.6 cm³/mol. The van der Waals surface area contributed by atoms with Crippen LogP contribution in [0.1, 0.15) is 29.2 Å². The molecule has 1 aliphatic carbocycles. The maximum absolute atomic E-state index is 5.46. The molecule has 0 spiro atoms. The van der Waals surface area contributed by atoms with Crippen LogP contribution in [0, 0.1) is 0 Å². The van der Waals surface area contributed by atoms with E-state index in [-0.39, 0.29) is 5.11 Å². The summed E-state index contributed by atoms with van der Waals surface area (Å²) in [6.07, 6.45) is 4.97. The smallest absolute Gasteiger partial charge is 0.229 e. The van der Waals surface area contributed by atoms with Crippen LogP contribution in [-0.2, 0) is 12.8 Å². The molecule has 0 bridgehead atoms. The minimum absolute atomic E-state index is 0.195. The van der Waals surface area contributed by atoms with E-state index in [1.807, 2.05) is 12.3 Å². The molecule has 2 aromatic rings. The summed E-state index contributed by atoms with van der Waals surface area (Å²) in [5, 5.41) is 2.99. The Bertz CT molecular complexity index is 627. The fourth-order valence-electron chi connectivity index (χ4n) is 2.67. The molecule has 0 aliphatic heterocycles. The molecule has 3 N–H and O–H groups in total. The zero-order chi connectivity index (χ0) is 13.9. The fourth-order valence-corrected chi connectivity index (χ4v) is 2.76. The van der Waals surface area contributed by atoms with Crippen molar-refractivity contribution in [3.8, 4) is 0 Å². The Morgan fingerprint density at radius 2 is 2.10 bits per heavy atom. The van der Waals surface area contributed by atoms with E-state index < -0.39 is 0 Å². The number of rotatable bonds is 2. The van der Waals surface area contributed by atoms with E-state index in [0.29, 0.717) is 11.9 Å². The van der Waals surface area contributed by atoms with Crippen molar-refractivity contribution in [1.82, 2.24) is 9.97 Å². The van der Waals surface area contributed by atoms with Crippen LogP contribution in [0.2, 0.25) is 0 Å². The van der Waals surface area contributed by atoms with Gasteiger partial charge in [-0.2, -0.15) is 0 Å². The first-order valence-electron chi connectivity index (χ1n) is 6.68. The number of anilines is 1. The van der Waals surface area contributed by atoms with Crippen LogP contribution in [0.3, 0.4) is 0 Å². The van der Waals surface area contributed by atoms with Crippen LogP contribution in [-0.4, -0.2) is 15.1 Å². The molecule has 1 aromatic carbocycles. The quantitative estimate of drug-likeness (QED) is 0.829. The summed E-state index contributed by atoms with van der Waals surface area (Å²) in [5.41, 5.74) is 9.16. The van der Waals surface area contributed by atoms with Crippen molar-refractivity contribution >= 4 is 23.3 Å². The number of nitrogens with two attached hydrogens (primary N) is 1. The van der Waals surface area contributed by atoms with Crippen LogP contribution in [0.5, 0.6) is 0 Å². The highest BCUT2D eigenvalue weighted by Gasteiger charge is 2.21. The molecule has 1 aliphatic rings. The van der Waals surface area contributed by atoms with Gasteiger partial charge in [0.1, 0.15) is 0 Å². The highest BCUT2D eigenvalue weighted by Crippen LogP contribution is 2.31. The van der Waals surface area contributed by atoms with Crippen LogP contribution in [0.4, 0.5) is 5.95 Å². The molecule has 3 rings (SSSR count). The zero-order valence-corrected chi connectivity index (χ0v) is 11.9. The van der Waals surface area contributed by atoms with Gasteiger partial charge in [0.15, 0.2) is 5.11 Å². The Balaban J connectivity index is 1.84. The van der Waals surface area contributed by atoms with E-state index >= 15 is 0 Å². The van der Waals surface area contributed by atoms with Crippen molar-refractivity contribution in [3.63, 3.8) is 0 Å². The first-order valence-corrected chi connectivity index (χ1v) is 7.09. The molecule has 0 saturated heterocycles. The van der Waals surface area contributed by atoms with Crippen molar-refractivity contribution in [1.29, 1.82) is 0 Å². The van der Waals surface area contributed by atoms with E-state index in [1.54, 1.807) is 0 Å². The second kappa shape index (κ2) is 5.54. The Morgan fingerprint density at radius 3 is 2.85 bits per heavy atom. The number of nitrogens with one attached hydrogen (secondary N) is 1. The highest BCUT2D eigenvalue weighted by molar-refractivity contribution is 7.80. The summed E-state index contributed by atoms with van der Waals surface area (Å²) in [5.74, 6) is 1.02. The number of nitrogens with zero attached hydrogens (tertiary/aromatic N) is 2. The molecule has 102 valence electrons. The Kier molecular flexibility index (Phi) is 3.60. The SMILES string of the molecule is NC(=S)Nc1ncc2c(n1)CC(c1ccccc1)CC2. The van der Waals surface area contributed by atoms with Gasteiger partial charge in [-0.15, -0.1) is 0 Å². The molecule has 1 atom stereocenters. The van der Waals surface area contributed by atoms with Crippen molar-refractivity contribution in [3.05, 3.63) is 53.3 Å². The number of aromatic nitrogens is 2. The third-order valence-corrected chi connectivity index (χ3v) is 3.76. The van der Waals surface area contributed by atoms with Crippen LogP contribution < -0.4 is 11.1 Å². The van der Waals surface area contributed by atoms with E-state index in [4.69, 9.17) is 18.0 Å². The lowest BCUT2D eigenvalue weighted by Gasteiger charge is -2.24. The number of benzene rings is 1. The standard InChI is InChI=1S/C15H16N4S/c16-14(20)19-15-17-9-12-7-6-11(8-13(12)18-15)10-4-2-1-3-5-10/h1-5,9,11H,6-8H2,(H3,16,17,18,19,20). The Labute approximate surface area is 123 Å². The van der Waals surface area contributed by atoms with E-state index in [1.165, 1.54) is 11.1 Å². The molecule has 1 heterocycles. The molecular formula is C15H16N4S.